The zero-order valence-corrected chi connectivity index (χ0v) is 10.3. The van der Waals surface area contributed by atoms with Crippen LogP contribution in [0.4, 0.5) is 4.39 Å². The molecule has 3 N–H and O–H groups in total. The topological polar surface area (TPSA) is 66.6 Å². The third-order valence-electron chi connectivity index (χ3n) is 3.40. The predicted octanol–water partition coefficient (Wildman–Crippen LogP) is 1.12. The maximum Gasteiger partial charge on any atom is 0.325 e. The number of likely N-dealkylation sites (tertiary alicyclic amines) is 1. The molecular weight excluding hydrogens is 235 g/mol. The average Bonchev–Trinajstić information content (AvgIpc) is 2.67. The highest BCUT2D eigenvalue weighted by atomic mass is 19.1. The van der Waals surface area contributed by atoms with Crippen molar-refractivity contribution in [3.8, 4) is 0 Å². The molecular formula is C13H17FN2O2. The highest BCUT2D eigenvalue weighted by molar-refractivity contribution is 5.79. The van der Waals surface area contributed by atoms with Crippen molar-refractivity contribution in [1.82, 2.24) is 4.90 Å². The first-order valence-corrected chi connectivity index (χ1v) is 5.90. The fourth-order valence-corrected chi connectivity index (χ4v) is 2.29. The second-order valence-electron chi connectivity index (χ2n) is 5.02. The third kappa shape index (κ3) is 2.52. The Morgan fingerprint density at radius 3 is 2.94 bits per heavy atom. The van der Waals surface area contributed by atoms with Gasteiger partial charge in [0.25, 0.3) is 0 Å². The first kappa shape index (κ1) is 13.0. The standard InChI is InChI=1S/C13H17FN2O2/c1-9-2-3-11(14)10(6-9)7-16-5-4-13(15,8-16)12(17)18/h2-3,6H,4-5,7-8,15H2,1H3,(H,17,18). The van der Waals surface area contributed by atoms with Gasteiger partial charge in [0, 0.05) is 25.2 Å². The number of aliphatic carboxylic acids is 1. The summed E-state index contributed by atoms with van der Waals surface area (Å²) >= 11 is 0. The fourth-order valence-electron chi connectivity index (χ4n) is 2.29. The number of carboxylic acids is 1. The average molecular weight is 252 g/mol. The summed E-state index contributed by atoms with van der Waals surface area (Å²) in [5.41, 5.74) is 6.16. The molecule has 1 saturated heterocycles. The molecule has 0 aromatic heterocycles. The first-order chi connectivity index (χ1) is 8.40. The molecule has 0 aliphatic carbocycles. The summed E-state index contributed by atoms with van der Waals surface area (Å²) in [6.45, 7) is 3.14. The molecule has 1 unspecified atom stereocenters. The van der Waals surface area contributed by atoms with E-state index >= 15 is 0 Å². The second-order valence-corrected chi connectivity index (χ2v) is 5.02. The number of halogens is 1. The van der Waals surface area contributed by atoms with E-state index in [1.807, 2.05) is 11.8 Å². The molecule has 1 aromatic carbocycles. The van der Waals surface area contributed by atoms with Crippen LogP contribution < -0.4 is 5.73 Å². The number of hydrogen-bond donors (Lipinski definition) is 2. The van der Waals surface area contributed by atoms with Crippen LogP contribution in [0.15, 0.2) is 18.2 Å². The zero-order valence-electron chi connectivity index (χ0n) is 10.3. The van der Waals surface area contributed by atoms with Gasteiger partial charge in [0.1, 0.15) is 11.4 Å². The Morgan fingerprint density at radius 1 is 1.61 bits per heavy atom. The number of hydrogen-bond acceptors (Lipinski definition) is 3. The molecule has 1 aliphatic rings. The van der Waals surface area contributed by atoms with E-state index in [1.165, 1.54) is 6.07 Å². The molecule has 1 aliphatic heterocycles. The molecule has 0 spiro atoms. The minimum atomic E-state index is -1.19. The van der Waals surface area contributed by atoms with Crippen LogP contribution in [0.3, 0.4) is 0 Å². The van der Waals surface area contributed by atoms with E-state index in [-0.39, 0.29) is 12.4 Å². The molecule has 18 heavy (non-hydrogen) atoms. The SMILES string of the molecule is Cc1ccc(F)c(CN2CCC(N)(C(=O)O)C2)c1. The maximum atomic E-state index is 13.6. The Balaban J connectivity index is 2.08. The minimum absolute atomic E-state index is 0.259. The van der Waals surface area contributed by atoms with E-state index in [0.29, 0.717) is 25.1 Å². The third-order valence-corrected chi connectivity index (χ3v) is 3.40. The van der Waals surface area contributed by atoms with Crippen LogP contribution in [0.25, 0.3) is 0 Å². The van der Waals surface area contributed by atoms with Gasteiger partial charge >= 0.3 is 5.97 Å². The van der Waals surface area contributed by atoms with Crippen molar-refractivity contribution in [1.29, 1.82) is 0 Å². The van der Waals surface area contributed by atoms with Gasteiger partial charge in [-0.25, -0.2) is 4.39 Å². The van der Waals surface area contributed by atoms with Crippen molar-refractivity contribution in [3.63, 3.8) is 0 Å². The van der Waals surface area contributed by atoms with Crippen molar-refractivity contribution in [3.05, 3.63) is 35.1 Å². The number of benzene rings is 1. The number of carbonyl (C=O) groups is 1. The van der Waals surface area contributed by atoms with Gasteiger partial charge in [-0.1, -0.05) is 17.7 Å². The van der Waals surface area contributed by atoms with E-state index in [0.717, 1.165) is 5.56 Å². The molecule has 1 heterocycles. The lowest BCUT2D eigenvalue weighted by Crippen LogP contribution is -2.50. The summed E-state index contributed by atoms with van der Waals surface area (Å²) in [4.78, 5) is 12.9. The van der Waals surface area contributed by atoms with Crippen molar-refractivity contribution < 1.29 is 14.3 Å². The molecule has 0 saturated carbocycles. The summed E-state index contributed by atoms with van der Waals surface area (Å²) in [5, 5.41) is 9.03. The summed E-state index contributed by atoms with van der Waals surface area (Å²) in [5.74, 6) is -1.25. The first-order valence-electron chi connectivity index (χ1n) is 5.90. The van der Waals surface area contributed by atoms with E-state index in [1.54, 1.807) is 12.1 Å². The van der Waals surface area contributed by atoms with Gasteiger partial charge < -0.3 is 10.8 Å². The smallest absolute Gasteiger partial charge is 0.325 e. The molecule has 0 bridgehead atoms. The van der Waals surface area contributed by atoms with Crippen molar-refractivity contribution in [2.45, 2.75) is 25.4 Å². The van der Waals surface area contributed by atoms with Crippen molar-refractivity contribution in [2.75, 3.05) is 13.1 Å². The number of aryl methyl sites for hydroxylation is 1. The molecule has 0 radical (unpaired) electrons. The fraction of sp³-hybridized carbons (Fsp3) is 0.462. The van der Waals surface area contributed by atoms with Crippen molar-refractivity contribution in [2.24, 2.45) is 5.73 Å². The summed E-state index contributed by atoms with van der Waals surface area (Å²) in [6.07, 6.45) is 0.399. The highest BCUT2D eigenvalue weighted by Crippen LogP contribution is 2.22. The second kappa shape index (κ2) is 4.66. The predicted molar refractivity (Wildman–Crippen MR) is 65.6 cm³/mol. The molecule has 1 atom stereocenters. The number of nitrogens with zero attached hydrogens (tertiary/aromatic N) is 1. The lowest BCUT2D eigenvalue weighted by Gasteiger charge is -2.20. The molecule has 5 heteroatoms. The van der Waals surface area contributed by atoms with Gasteiger partial charge in [-0.3, -0.25) is 9.69 Å². The van der Waals surface area contributed by atoms with Crippen LogP contribution in [0, 0.1) is 12.7 Å². The van der Waals surface area contributed by atoms with Crippen LogP contribution in [0.5, 0.6) is 0 Å². The largest absolute Gasteiger partial charge is 0.480 e. The molecule has 1 aromatic rings. The van der Waals surface area contributed by atoms with Gasteiger partial charge in [0.15, 0.2) is 0 Å². The molecule has 98 valence electrons. The molecule has 4 nitrogen and oxygen atoms in total. The highest BCUT2D eigenvalue weighted by Gasteiger charge is 2.41. The van der Waals surface area contributed by atoms with Crippen LogP contribution in [0.1, 0.15) is 17.5 Å². The monoisotopic (exact) mass is 252 g/mol. The van der Waals surface area contributed by atoms with Crippen LogP contribution in [-0.2, 0) is 11.3 Å². The Hall–Kier alpha value is -1.46. The quantitative estimate of drug-likeness (QED) is 0.846. The van der Waals surface area contributed by atoms with Gasteiger partial charge in [0.05, 0.1) is 0 Å². The Labute approximate surface area is 105 Å². The molecule has 0 amide bonds. The lowest BCUT2D eigenvalue weighted by atomic mass is 10.0. The molecule has 2 rings (SSSR count). The van der Waals surface area contributed by atoms with Gasteiger partial charge in [0.2, 0.25) is 0 Å². The van der Waals surface area contributed by atoms with E-state index in [2.05, 4.69) is 0 Å². The molecule has 1 fully saturated rings. The lowest BCUT2D eigenvalue weighted by molar-refractivity contribution is -0.142. The van der Waals surface area contributed by atoms with E-state index in [4.69, 9.17) is 10.8 Å². The number of carboxylic acid groups (broad SMARTS) is 1. The number of nitrogens with two attached hydrogens (primary N) is 1. The van der Waals surface area contributed by atoms with Gasteiger partial charge in [-0.2, -0.15) is 0 Å². The van der Waals surface area contributed by atoms with E-state index in [9.17, 15) is 9.18 Å². The van der Waals surface area contributed by atoms with E-state index < -0.39 is 11.5 Å². The summed E-state index contributed by atoms with van der Waals surface area (Å²) in [7, 11) is 0. The Kier molecular flexibility index (Phi) is 3.36. The summed E-state index contributed by atoms with van der Waals surface area (Å²) < 4.78 is 13.6. The minimum Gasteiger partial charge on any atom is -0.480 e. The maximum absolute atomic E-state index is 13.6. The Bertz CT molecular complexity index is 478. The number of rotatable bonds is 3. The van der Waals surface area contributed by atoms with Gasteiger partial charge in [-0.15, -0.1) is 0 Å². The normalized spacial score (nSPS) is 24.4. The van der Waals surface area contributed by atoms with Crippen molar-refractivity contribution >= 4 is 5.97 Å². The van der Waals surface area contributed by atoms with Crippen LogP contribution >= 0.6 is 0 Å². The summed E-state index contributed by atoms with van der Waals surface area (Å²) in [6, 6.07) is 4.94. The Morgan fingerprint density at radius 2 is 2.33 bits per heavy atom. The van der Waals surface area contributed by atoms with Gasteiger partial charge in [-0.05, 0) is 19.4 Å². The van der Waals surface area contributed by atoms with Crippen LogP contribution in [-0.4, -0.2) is 34.6 Å². The zero-order chi connectivity index (χ0) is 13.3. The van der Waals surface area contributed by atoms with Crippen LogP contribution in [0.2, 0.25) is 0 Å².